The van der Waals surface area contributed by atoms with Gasteiger partial charge in [-0.05, 0) is 53.3 Å². The lowest BCUT2D eigenvalue weighted by Gasteiger charge is -2.20. The summed E-state index contributed by atoms with van der Waals surface area (Å²) in [6.07, 6.45) is 1.56. The maximum Gasteiger partial charge on any atom is 0.164 e. The number of ether oxygens (including phenoxy) is 2. The number of benzene rings is 3. The number of ketones is 1. The number of allylic oxidation sites excluding steroid dienone is 1. The van der Waals surface area contributed by atoms with Crippen LogP contribution >= 0.6 is 0 Å². The van der Waals surface area contributed by atoms with E-state index >= 15 is 0 Å². The Morgan fingerprint density at radius 2 is 1.56 bits per heavy atom. The molecule has 3 aromatic carbocycles. The summed E-state index contributed by atoms with van der Waals surface area (Å²) in [7, 11) is 3.17. The number of carbonyl (C=O) groups excluding carboxylic acids is 1. The molecule has 2 atom stereocenters. The van der Waals surface area contributed by atoms with Crippen LogP contribution < -0.4 is 14.8 Å². The summed E-state index contributed by atoms with van der Waals surface area (Å²) in [6, 6.07) is 23.1. The van der Waals surface area contributed by atoms with Gasteiger partial charge < -0.3 is 19.9 Å². The molecule has 2 unspecified atom stereocenters. The van der Waals surface area contributed by atoms with E-state index in [4.69, 9.17) is 9.47 Å². The second-order valence-corrected chi connectivity index (χ2v) is 9.22. The molecule has 3 aromatic rings. The number of aliphatic hydroxyl groups excluding tert-OH is 1. The summed E-state index contributed by atoms with van der Waals surface area (Å²) in [6.45, 7) is 6.68. The van der Waals surface area contributed by atoms with Crippen LogP contribution in [-0.2, 0) is 4.79 Å². The van der Waals surface area contributed by atoms with Crippen LogP contribution in [0.4, 0.5) is 0 Å². The van der Waals surface area contributed by atoms with Crippen molar-refractivity contribution in [3.63, 3.8) is 0 Å². The first kappa shape index (κ1) is 27.2. The second-order valence-electron chi connectivity index (χ2n) is 9.22. The molecule has 0 aliphatic heterocycles. The highest BCUT2D eigenvalue weighted by atomic mass is 16.5. The number of nitrogens with one attached hydrogen (secondary N) is 1. The van der Waals surface area contributed by atoms with Gasteiger partial charge in [0.2, 0.25) is 0 Å². The smallest absolute Gasteiger partial charge is 0.164 e. The molecule has 5 nitrogen and oxygen atoms in total. The molecule has 0 bridgehead atoms. The van der Waals surface area contributed by atoms with Crippen molar-refractivity contribution < 1.29 is 19.4 Å². The van der Waals surface area contributed by atoms with Gasteiger partial charge in [-0.2, -0.15) is 0 Å². The maximum absolute atomic E-state index is 13.5. The van der Waals surface area contributed by atoms with Gasteiger partial charge in [-0.1, -0.05) is 74.5 Å². The van der Waals surface area contributed by atoms with E-state index in [0.717, 1.165) is 16.7 Å². The molecule has 0 spiro atoms. The van der Waals surface area contributed by atoms with Gasteiger partial charge in [0.25, 0.3) is 0 Å². The van der Waals surface area contributed by atoms with Crippen LogP contribution in [-0.4, -0.2) is 37.7 Å². The van der Waals surface area contributed by atoms with Crippen molar-refractivity contribution in [2.45, 2.75) is 45.3 Å². The number of Topliss-reactive ketones (excluding diaryl/α,β-unsaturated/α-hetero) is 1. The van der Waals surface area contributed by atoms with Gasteiger partial charge in [-0.15, -0.1) is 0 Å². The van der Waals surface area contributed by atoms with Gasteiger partial charge in [0, 0.05) is 24.6 Å². The van der Waals surface area contributed by atoms with E-state index in [-0.39, 0.29) is 18.2 Å². The average Bonchev–Trinajstić information content (AvgIpc) is 2.91. The molecule has 3 rings (SSSR count). The van der Waals surface area contributed by atoms with Gasteiger partial charge in [0.05, 0.1) is 20.3 Å². The monoisotopic (exact) mass is 487 g/mol. The summed E-state index contributed by atoms with van der Waals surface area (Å²) in [4.78, 5) is 13.5. The Kier molecular flexibility index (Phi) is 9.86. The Morgan fingerprint density at radius 3 is 2.17 bits per heavy atom. The Morgan fingerprint density at radius 1 is 0.889 bits per heavy atom. The van der Waals surface area contributed by atoms with Crippen molar-refractivity contribution in [2.24, 2.45) is 0 Å². The Labute approximate surface area is 214 Å². The topological polar surface area (TPSA) is 67.8 Å². The third-order valence-electron chi connectivity index (χ3n) is 6.34. The Bertz CT molecular complexity index is 1150. The molecule has 2 N–H and O–H groups in total. The molecule has 0 fully saturated rings. The predicted molar refractivity (Wildman–Crippen MR) is 146 cm³/mol. The minimum absolute atomic E-state index is 0.00376. The van der Waals surface area contributed by atoms with Gasteiger partial charge in [0.15, 0.2) is 17.3 Å². The molecule has 0 aliphatic rings. The van der Waals surface area contributed by atoms with Crippen LogP contribution in [0.3, 0.4) is 0 Å². The molecule has 0 aliphatic carbocycles. The van der Waals surface area contributed by atoms with Crippen LogP contribution in [0, 0.1) is 0 Å². The molecule has 0 heterocycles. The van der Waals surface area contributed by atoms with E-state index in [1.165, 1.54) is 5.56 Å². The van der Waals surface area contributed by atoms with Gasteiger partial charge in [0.1, 0.15) is 0 Å². The zero-order chi connectivity index (χ0) is 26.1. The summed E-state index contributed by atoms with van der Waals surface area (Å²) in [5.74, 6) is 1.62. The molecule has 36 heavy (non-hydrogen) atoms. The number of hydrogen-bond acceptors (Lipinski definition) is 5. The molecule has 5 heteroatoms. The third kappa shape index (κ3) is 7.06. The Balaban J connectivity index is 1.80. The van der Waals surface area contributed by atoms with Crippen LogP contribution in [0.15, 0.2) is 72.8 Å². The fourth-order valence-corrected chi connectivity index (χ4v) is 4.07. The number of rotatable bonds is 12. The summed E-state index contributed by atoms with van der Waals surface area (Å²) in [5.41, 5.74) is 4.42. The third-order valence-corrected chi connectivity index (χ3v) is 6.34. The van der Waals surface area contributed by atoms with E-state index in [1.807, 2.05) is 73.7 Å². The molecular formula is C31H37NO4. The number of hydrogen-bond donors (Lipinski definition) is 2. The highest BCUT2D eigenvalue weighted by molar-refractivity contribution is 6.25. The number of methoxy groups -OCH3 is 2. The van der Waals surface area contributed by atoms with Crippen LogP contribution in [0.25, 0.3) is 11.6 Å². The van der Waals surface area contributed by atoms with Gasteiger partial charge in [-0.3, -0.25) is 4.79 Å². The van der Waals surface area contributed by atoms with E-state index < -0.39 is 6.10 Å². The first-order chi connectivity index (χ1) is 17.3. The van der Waals surface area contributed by atoms with Crippen molar-refractivity contribution >= 4 is 17.4 Å². The molecule has 0 aromatic heterocycles. The lowest BCUT2D eigenvalue weighted by atomic mass is 9.95. The van der Waals surface area contributed by atoms with Crippen LogP contribution in [0.1, 0.15) is 61.5 Å². The zero-order valence-corrected chi connectivity index (χ0v) is 21.8. The fraction of sp³-hybridized carbons (Fsp3) is 0.323. The average molecular weight is 488 g/mol. The predicted octanol–water partition coefficient (Wildman–Crippen LogP) is 6.04. The van der Waals surface area contributed by atoms with E-state index in [0.29, 0.717) is 29.5 Å². The zero-order valence-electron chi connectivity index (χ0n) is 21.8. The molecule has 0 saturated heterocycles. The van der Waals surface area contributed by atoms with Crippen LogP contribution in [0.2, 0.25) is 0 Å². The SMILES string of the molecule is COc1ccc(/C(=C\c2ccc(C(C)C)cc2)C(=O)CCNC(C)C(O)c2ccccc2)cc1OC. The second kappa shape index (κ2) is 13.1. The van der Waals surface area contributed by atoms with Crippen molar-refractivity contribution in [3.8, 4) is 11.5 Å². The minimum Gasteiger partial charge on any atom is -0.493 e. The van der Waals surface area contributed by atoms with E-state index in [1.54, 1.807) is 14.2 Å². The molecule has 0 saturated carbocycles. The van der Waals surface area contributed by atoms with E-state index in [9.17, 15) is 9.90 Å². The number of aliphatic hydroxyl groups is 1. The molecular weight excluding hydrogens is 450 g/mol. The van der Waals surface area contributed by atoms with Crippen LogP contribution in [0.5, 0.6) is 11.5 Å². The minimum atomic E-state index is -0.651. The first-order valence-corrected chi connectivity index (χ1v) is 12.4. The van der Waals surface area contributed by atoms with Gasteiger partial charge in [-0.25, -0.2) is 0 Å². The highest BCUT2D eigenvalue weighted by Crippen LogP contribution is 2.32. The Hall–Kier alpha value is -3.41. The van der Waals surface area contributed by atoms with Crippen molar-refractivity contribution in [1.82, 2.24) is 5.32 Å². The summed E-state index contributed by atoms with van der Waals surface area (Å²) in [5, 5.41) is 13.9. The normalized spacial score (nSPS) is 13.4. The molecule has 0 amide bonds. The fourth-order valence-electron chi connectivity index (χ4n) is 4.07. The first-order valence-electron chi connectivity index (χ1n) is 12.4. The lowest BCUT2D eigenvalue weighted by molar-refractivity contribution is -0.113. The van der Waals surface area contributed by atoms with Gasteiger partial charge >= 0.3 is 0 Å². The standard InChI is InChI=1S/C31H37NO4/c1-21(2)24-13-11-23(12-14-24)19-27(26-15-16-29(35-4)30(20-26)36-5)28(33)17-18-32-22(3)31(34)25-9-7-6-8-10-25/h6-16,19-22,31-32,34H,17-18H2,1-5H3/b27-19+. The van der Waals surface area contributed by atoms with Crippen molar-refractivity contribution in [3.05, 3.63) is 95.1 Å². The van der Waals surface area contributed by atoms with Crippen molar-refractivity contribution in [2.75, 3.05) is 20.8 Å². The quantitative estimate of drug-likeness (QED) is 0.241. The largest absolute Gasteiger partial charge is 0.493 e. The summed E-state index contributed by atoms with van der Waals surface area (Å²) < 4.78 is 10.8. The summed E-state index contributed by atoms with van der Waals surface area (Å²) >= 11 is 0. The van der Waals surface area contributed by atoms with Crippen molar-refractivity contribution in [1.29, 1.82) is 0 Å². The lowest BCUT2D eigenvalue weighted by Crippen LogP contribution is -2.33. The van der Waals surface area contributed by atoms with E-state index in [2.05, 4.69) is 31.3 Å². The molecule has 190 valence electrons. The molecule has 0 radical (unpaired) electrons. The highest BCUT2D eigenvalue weighted by Gasteiger charge is 2.18. The number of carbonyl (C=O) groups is 1. The maximum atomic E-state index is 13.5.